The molecule has 5 N–H and O–H groups in total. The second-order valence-electron chi connectivity index (χ2n) is 10.8. The first-order valence-corrected chi connectivity index (χ1v) is 13.9. The van der Waals surface area contributed by atoms with Gasteiger partial charge in [-0.25, -0.2) is 0 Å². The van der Waals surface area contributed by atoms with E-state index in [0.29, 0.717) is 5.56 Å². The zero-order chi connectivity index (χ0) is 30.4. The molecule has 1 aliphatic heterocycles. The number of phenolic OH excluding ortho intramolecular Hbond substituents is 1. The standard InChI is InChI=1S/C32H38N4O6/c1-20-25(10-7-11-28(20)38)30(40)34-26(16-21-8-5-4-6-9-21)29(39)32(42)36-19-24(37)17-27(36)31(41)33-18-22-12-14-23(15-13-22)35(2)3/h4-15,24,26-27,29,37-39H,16-19H2,1-3H3,(H,33,41)(H,34,40). The number of amides is 3. The number of aliphatic hydroxyl groups is 2. The van der Waals surface area contributed by atoms with Gasteiger partial charge in [-0.05, 0) is 48.7 Å². The zero-order valence-electron chi connectivity index (χ0n) is 24.0. The Kier molecular flexibility index (Phi) is 9.82. The lowest BCUT2D eigenvalue weighted by atomic mass is 9.98. The van der Waals surface area contributed by atoms with Gasteiger partial charge in [0.2, 0.25) is 5.91 Å². The molecule has 3 aromatic carbocycles. The first kappa shape index (κ1) is 30.5. The molecule has 0 spiro atoms. The van der Waals surface area contributed by atoms with Gasteiger partial charge in [0.05, 0.1) is 12.1 Å². The van der Waals surface area contributed by atoms with Crippen molar-refractivity contribution in [1.82, 2.24) is 15.5 Å². The molecule has 0 bridgehead atoms. The molecule has 3 aromatic rings. The molecule has 10 nitrogen and oxygen atoms in total. The van der Waals surface area contributed by atoms with Gasteiger partial charge in [-0.2, -0.15) is 0 Å². The minimum absolute atomic E-state index is 0.0298. The van der Waals surface area contributed by atoms with E-state index in [2.05, 4.69) is 10.6 Å². The van der Waals surface area contributed by atoms with Gasteiger partial charge in [-0.3, -0.25) is 14.4 Å². The fraction of sp³-hybridized carbons (Fsp3) is 0.344. The van der Waals surface area contributed by atoms with Crippen LogP contribution in [0.5, 0.6) is 5.75 Å². The number of nitrogens with one attached hydrogen (secondary N) is 2. The zero-order valence-corrected chi connectivity index (χ0v) is 24.0. The molecule has 10 heteroatoms. The van der Waals surface area contributed by atoms with Crippen molar-refractivity contribution >= 4 is 23.4 Å². The second-order valence-corrected chi connectivity index (χ2v) is 10.8. The number of phenols is 1. The number of β-amino-alcohol motifs (C(OH)–C–C–N with tert-alkyl or cyclic N) is 1. The third-order valence-corrected chi connectivity index (χ3v) is 7.58. The SMILES string of the molecule is Cc1c(O)cccc1C(=O)NC(Cc1ccccc1)C(O)C(=O)N1CC(O)CC1C(=O)NCc1ccc(N(C)C)cc1. The van der Waals surface area contributed by atoms with Gasteiger partial charge < -0.3 is 35.8 Å². The van der Waals surface area contributed by atoms with Gasteiger partial charge in [0.15, 0.2) is 6.10 Å². The summed E-state index contributed by atoms with van der Waals surface area (Å²) in [4.78, 5) is 43.2. The predicted molar refractivity (Wildman–Crippen MR) is 159 cm³/mol. The van der Waals surface area contributed by atoms with Crippen molar-refractivity contribution in [3.8, 4) is 5.75 Å². The molecule has 0 aromatic heterocycles. The molecule has 1 aliphatic rings. The van der Waals surface area contributed by atoms with Crippen molar-refractivity contribution in [2.75, 3.05) is 25.5 Å². The number of anilines is 1. The van der Waals surface area contributed by atoms with E-state index in [1.165, 1.54) is 17.0 Å². The fourth-order valence-electron chi connectivity index (χ4n) is 5.09. The molecule has 3 amide bonds. The topological polar surface area (TPSA) is 142 Å². The summed E-state index contributed by atoms with van der Waals surface area (Å²) in [7, 11) is 3.87. The Labute approximate surface area is 245 Å². The largest absolute Gasteiger partial charge is 0.508 e. The summed E-state index contributed by atoms with van der Waals surface area (Å²) in [5, 5.41) is 37.4. The van der Waals surface area contributed by atoms with E-state index in [4.69, 9.17) is 0 Å². The van der Waals surface area contributed by atoms with Crippen molar-refractivity contribution in [3.63, 3.8) is 0 Å². The lowest BCUT2D eigenvalue weighted by Gasteiger charge is -2.30. The summed E-state index contributed by atoms with van der Waals surface area (Å²) >= 11 is 0. The lowest BCUT2D eigenvalue weighted by Crippen LogP contribution is -2.55. The molecule has 42 heavy (non-hydrogen) atoms. The Bertz CT molecular complexity index is 1400. The van der Waals surface area contributed by atoms with Crippen LogP contribution < -0.4 is 15.5 Å². The molecule has 1 heterocycles. The quantitative estimate of drug-likeness (QED) is 0.248. The number of carbonyl (C=O) groups is 3. The lowest BCUT2D eigenvalue weighted by molar-refractivity contribution is -0.146. The molecule has 4 unspecified atom stereocenters. The summed E-state index contributed by atoms with van der Waals surface area (Å²) < 4.78 is 0. The van der Waals surface area contributed by atoms with E-state index in [0.717, 1.165) is 16.8 Å². The average molecular weight is 575 g/mol. The molecule has 0 aliphatic carbocycles. The molecular formula is C32H38N4O6. The van der Waals surface area contributed by atoms with Crippen molar-refractivity contribution in [2.45, 2.75) is 50.6 Å². The Balaban J connectivity index is 1.49. The number of benzene rings is 3. The van der Waals surface area contributed by atoms with E-state index in [1.807, 2.05) is 73.6 Å². The van der Waals surface area contributed by atoms with E-state index in [9.17, 15) is 29.7 Å². The first-order valence-electron chi connectivity index (χ1n) is 13.9. The molecule has 4 rings (SSSR count). The summed E-state index contributed by atoms with van der Waals surface area (Å²) in [5.74, 6) is -1.82. The number of nitrogens with zero attached hydrogens (tertiary/aromatic N) is 2. The van der Waals surface area contributed by atoms with Gasteiger partial charge in [0.25, 0.3) is 11.8 Å². The summed E-state index contributed by atoms with van der Waals surface area (Å²) in [6.07, 6.45) is -2.48. The van der Waals surface area contributed by atoms with Crippen molar-refractivity contribution < 1.29 is 29.7 Å². The highest BCUT2D eigenvalue weighted by molar-refractivity contribution is 5.97. The fourth-order valence-corrected chi connectivity index (χ4v) is 5.09. The van der Waals surface area contributed by atoms with Crippen LogP contribution in [-0.2, 0) is 22.6 Å². The number of hydrogen-bond donors (Lipinski definition) is 5. The van der Waals surface area contributed by atoms with Crippen molar-refractivity contribution in [1.29, 1.82) is 0 Å². The number of aromatic hydroxyl groups is 1. The van der Waals surface area contributed by atoms with E-state index in [1.54, 1.807) is 13.0 Å². The van der Waals surface area contributed by atoms with E-state index in [-0.39, 0.29) is 37.2 Å². The molecule has 1 saturated heterocycles. The third-order valence-electron chi connectivity index (χ3n) is 7.58. The molecule has 222 valence electrons. The second kappa shape index (κ2) is 13.5. The first-order chi connectivity index (χ1) is 20.0. The van der Waals surface area contributed by atoms with Crippen LogP contribution in [0, 0.1) is 6.92 Å². The Morgan fingerprint density at radius 1 is 0.976 bits per heavy atom. The summed E-state index contributed by atoms with van der Waals surface area (Å²) in [6, 6.07) is 19.3. The molecule has 1 fully saturated rings. The van der Waals surface area contributed by atoms with Crippen molar-refractivity contribution in [2.24, 2.45) is 0 Å². The molecule has 0 radical (unpaired) electrons. The Hall–Kier alpha value is -4.41. The van der Waals surface area contributed by atoms with Gasteiger partial charge in [-0.15, -0.1) is 0 Å². The minimum Gasteiger partial charge on any atom is -0.508 e. The van der Waals surface area contributed by atoms with Gasteiger partial charge >= 0.3 is 0 Å². The number of hydrogen-bond acceptors (Lipinski definition) is 7. The Morgan fingerprint density at radius 3 is 2.33 bits per heavy atom. The number of carbonyl (C=O) groups excluding carboxylic acids is 3. The highest BCUT2D eigenvalue weighted by atomic mass is 16.3. The summed E-state index contributed by atoms with van der Waals surface area (Å²) in [6.45, 7) is 1.71. The van der Waals surface area contributed by atoms with Crippen LogP contribution in [0.15, 0.2) is 72.8 Å². The van der Waals surface area contributed by atoms with E-state index < -0.39 is 42.0 Å². The van der Waals surface area contributed by atoms with Crippen LogP contribution in [0.3, 0.4) is 0 Å². The maximum absolute atomic E-state index is 13.6. The average Bonchev–Trinajstić information content (AvgIpc) is 3.38. The molecular weight excluding hydrogens is 536 g/mol. The molecule has 4 atom stereocenters. The predicted octanol–water partition coefficient (Wildman–Crippen LogP) is 1.75. The highest BCUT2D eigenvalue weighted by Crippen LogP contribution is 2.23. The summed E-state index contributed by atoms with van der Waals surface area (Å²) in [5.41, 5.74) is 3.24. The van der Waals surface area contributed by atoms with Crippen LogP contribution in [0.25, 0.3) is 0 Å². The molecule has 0 saturated carbocycles. The van der Waals surface area contributed by atoms with Gasteiger partial charge in [0, 0.05) is 50.4 Å². The number of likely N-dealkylation sites (tertiary alicyclic amines) is 1. The maximum Gasteiger partial charge on any atom is 0.254 e. The van der Waals surface area contributed by atoms with Crippen LogP contribution >= 0.6 is 0 Å². The smallest absolute Gasteiger partial charge is 0.254 e. The maximum atomic E-state index is 13.6. The van der Waals surface area contributed by atoms with Crippen LogP contribution in [0.2, 0.25) is 0 Å². The Morgan fingerprint density at radius 2 is 1.67 bits per heavy atom. The van der Waals surface area contributed by atoms with Crippen molar-refractivity contribution in [3.05, 3.63) is 95.1 Å². The number of rotatable bonds is 10. The van der Waals surface area contributed by atoms with E-state index >= 15 is 0 Å². The normalized spacial score (nSPS) is 17.8. The van der Waals surface area contributed by atoms with Crippen LogP contribution in [-0.4, -0.2) is 82.9 Å². The highest BCUT2D eigenvalue weighted by Gasteiger charge is 2.42. The minimum atomic E-state index is -1.70. The van der Waals surface area contributed by atoms with Crippen LogP contribution in [0.4, 0.5) is 5.69 Å². The van der Waals surface area contributed by atoms with Crippen LogP contribution in [0.1, 0.15) is 33.5 Å². The third kappa shape index (κ3) is 7.26. The number of aliphatic hydroxyl groups excluding tert-OH is 2. The van der Waals surface area contributed by atoms with Gasteiger partial charge in [0.1, 0.15) is 11.8 Å². The van der Waals surface area contributed by atoms with Gasteiger partial charge in [-0.1, -0.05) is 48.5 Å². The monoisotopic (exact) mass is 574 g/mol.